The van der Waals surface area contributed by atoms with Gasteiger partial charge < -0.3 is 15.1 Å². The van der Waals surface area contributed by atoms with Crippen LogP contribution in [0.25, 0.3) is 0 Å². The van der Waals surface area contributed by atoms with Crippen LogP contribution in [0.3, 0.4) is 0 Å². The fraction of sp³-hybridized carbons (Fsp3) is 0.778. The van der Waals surface area contributed by atoms with E-state index >= 15 is 0 Å². The Balaban J connectivity index is 2.62. The molecule has 1 aliphatic rings. The molecule has 1 heterocycles. The molecule has 2 N–H and O–H groups in total. The lowest BCUT2D eigenvalue weighted by Gasteiger charge is -2.17. The SMILES string of the molecule is CN1CC(C(=O)O)CCC(C(=O)O)C1. The predicted octanol–water partition coefficient (Wildman–Crippen LogP) is 0.114. The van der Waals surface area contributed by atoms with Crippen molar-refractivity contribution in [2.75, 3.05) is 20.1 Å². The summed E-state index contributed by atoms with van der Waals surface area (Å²) in [6.45, 7) is 0.887. The molecule has 1 saturated heterocycles. The van der Waals surface area contributed by atoms with Gasteiger partial charge in [-0.1, -0.05) is 0 Å². The average Bonchev–Trinajstić information content (AvgIpc) is 2.26. The smallest absolute Gasteiger partial charge is 0.307 e. The summed E-state index contributed by atoms with van der Waals surface area (Å²) >= 11 is 0. The molecule has 0 aliphatic carbocycles. The summed E-state index contributed by atoms with van der Waals surface area (Å²) in [4.78, 5) is 23.3. The molecule has 0 amide bonds. The topological polar surface area (TPSA) is 77.8 Å². The summed E-state index contributed by atoms with van der Waals surface area (Å²) in [6, 6.07) is 0. The van der Waals surface area contributed by atoms with Crippen LogP contribution in [0.15, 0.2) is 0 Å². The zero-order chi connectivity index (χ0) is 10.7. The van der Waals surface area contributed by atoms with Gasteiger partial charge in [0, 0.05) is 13.1 Å². The third-order valence-corrected chi connectivity index (χ3v) is 2.63. The fourth-order valence-electron chi connectivity index (χ4n) is 1.82. The van der Waals surface area contributed by atoms with E-state index in [0.717, 1.165) is 0 Å². The monoisotopic (exact) mass is 201 g/mol. The molecule has 0 saturated carbocycles. The van der Waals surface area contributed by atoms with Crippen molar-refractivity contribution in [2.45, 2.75) is 12.8 Å². The van der Waals surface area contributed by atoms with Crippen molar-refractivity contribution in [1.82, 2.24) is 4.90 Å². The normalized spacial score (nSPS) is 29.5. The molecule has 0 bridgehead atoms. The summed E-state index contributed by atoms with van der Waals surface area (Å²) in [5.74, 6) is -2.51. The van der Waals surface area contributed by atoms with E-state index in [2.05, 4.69) is 0 Å². The standard InChI is InChI=1S/C9H15NO4/c1-10-4-6(8(11)12)2-3-7(5-10)9(13)14/h6-7H,2-5H2,1H3,(H,11,12)(H,13,14). The molecule has 14 heavy (non-hydrogen) atoms. The molecule has 5 nitrogen and oxygen atoms in total. The number of aliphatic carboxylic acids is 2. The lowest BCUT2D eigenvalue weighted by Crippen LogP contribution is -2.31. The molecule has 2 unspecified atom stereocenters. The molecule has 80 valence electrons. The van der Waals surface area contributed by atoms with E-state index in [1.54, 1.807) is 11.9 Å². The van der Waals surface area contributed by atoms with Crippen molar-refractivity contribution < 1.29 is 19.8 Å². The van der Waals surface area contributed by atoms with Gasteiger partial charge in [-0.2, -0.15) is 0 Å². The molecule has 0 aromatic carbocycles. The number of hydrogen-bond donors (Lipinski definition) is 2. The maximum Gasteiger partial charge on any atom is 0.307 e. The second-order valence-electron chi connectivity index (χ2n) is 3.87. The summed E-state index contributed by atoms with van der Waals surface area (Å²) < 4.78 is 0. The second kappa shape index (κ2) is 4.41. The van der Waals surface area contributed by atoms with Crippen molar-refractivity contribution in [2.24, 2.45) is 11.8 Å². The van der Waals surface area contributed by atoms with Crippen LogP contribution in [0.1, 0.15) is 12.8 Å². The van der Waals surface area contributed by atoms with Gasteiger partial charge in [0.1, 0.15) is 0 Å². The van der Waals surface area contributed by atoms with Crippen molar-refractivity contribution >= 4 is 11.9 Å². The lowest BCUT2D eigenvalue weighted by molar-refractivity contribution is -0.143. The van der Waals surface area contributed by atoms with E-state index < -0.39 is 23.8 Å². The Morgan fingerprint density at radius 2 is 1.43 bits per heavy atom. The first kappa shape index (κ1) is 11.0. The van der Waals surface area contributed by atoms with Crippen LogP contribution < -0.4 is 0 Å². The van der Waals surface area contributed by atoms with Crippen LogP contribution in [0.4, 0.5) is 0 Å². The molecule has 2 atom stereocenters. The Morgan fingerprint density at radius 3 is 1.71 bits per heavy atom. The summed E-state index contributed by atoms with van der Waals surface area (Å²) in [7, 11) is 1.76. The van der Waals surface area contributed by atoms with Gasteiger partial charge in [0.05, 0.1) is 11.8 Å². The summed E-state index contributed by atoms with van der Waals surface area (Å²) in [5.41, 5.74) is 0. The predicted molar refractivity (Wildman–Crippen MR) is 49.0 cm³/mol. The van der Waals surface area contributed by atoms with Crippen LogP contribution in [0.5, 0.6) is 0 Å². The van der Waals surface area contributed by atoms with Crippen LogP contribution in [-0.2, 0) is 9.59 Å². The third kappa shape index (κ3) is 2.70. The van der Waals surface area contributed by atoms with Gasteiger partial charge >= 0.3 is 11.9 Å². The Morgan fingerprint density at radius 1 is 1.07 bits per heavy atom. The second-order valence-corrected chi connectivity index (χ2v) is 3.87. The molecule has 0 aromatic rings. The highest BCUT2D eigenvalue weighted by Gasteiger charge is 2.29. The van der Waals surface area contributed by atoms with Crippen LogP contribution in [0.2, 0.25) is 0 Å². The Kier molecular flexibility index (Phi) is 3.46. The van der Waals surface area contributed by atoms with Gasteiger partial charge in [0.25, 0.3) is 0 Å². The van der Waals surface area contributed by atoms with Gasteiger partial charge in [0.2, 0.25) is 0 Å². The molecule has 1 fully saturated rings. The molecule has 5 heteroatoms. The van der Waals surface area contributed by atoms with E-state index in [-0.39, 0.29) is 0 Å². The number of likely N-dealkylation sites (tertiary alicyclic amines) is 1. The number of hydrogen-bond acceptors (Lipinski definition) is 3. The summed E-state index contributed by atoms with van der Waals surface area (Å²) in [6.07, 6.45) is 0.910. The van der Waals surface area contributed by atoms with Crippen LogP contribution in [-0.4, -0.2) is 47.2 Å². The van der Waals surface area contributed by atoms with E-state index in [9.17, 15) is 9.59 Å². The quantitative estimate of drug-likeness (QED) is 0.663. The minimum Gasteiger partial charge on any atom is -0.481 e. The lowest BCUT2D eigenvalue weighted by atomic mass is 9.98. The minimum atomic E-state index is -0.831. The Bertz CT molecular complexity index is 217. The Labute approximate surface area is 82.3 Å². The number of rotatable bonds is 2. The largest absolute Gasteiger partial charge is 0.481 e. The van der Waals surface area contributed by atoms with E-state index in [1.807, 2.05) is 0 Å². The Hall–Kier alpha value is -1.10. The van der Waals surface area contributed by atoms with Gasteiger partial charge in [0.15, 0.2) is 0 Å². The number of carboxylic acid groups (broad SMARTS) is 2. The highest BCUT2D eigenvalue weighted by atomic mass is 16.4. The first-order valence-corrected chi connectivity index (χ1v) is 4.65. The van der Waals surface area contributed by atoms with Gasteiger partial charge in [-0.25, -0.2) is 0 Å². The summed E-state index contributed by atoms with van der Waals surface area (Å²) in [5, 5.41) is 17.7. The van der Waals surface area contributed by atoms with Crippen molar-refractivity contribution in [3.63, 3.8) is 0 Å². The third-order valence-electron chi connectivity index (χ3n) is 2.63. The van der Waals surface area contributed by atoms with Gasteiger partial charge in [-0.15, -0.1) is 0 Å². The highest BCUT2D eigenvalue weighted by molar-refractivity contribution is 5.72. The van der Waals surface area contributed by atoms with Gasteiger partial charge in [-0.05, 0) is 19.9 Å². The molecular weight excluding hydrogens is 186 g/mol. The molecule has 1 aliphatic heterocycles. The van der Waals surface area contributed by atoms with E-state index in [4.69, 9.17) is 10.2 Å². The molecule has 0 spiro atoms. The van der Waals surface area contributed by atoms with E-state index in [0.29, 0.717) is 25.9 Å². The zero-order valence-electron chi connectivity index (χ0n) is 8.14. The first-order valence-electron chi connectivity index (χ1n) is 4.65. The minimum absolute atomic E-state index is 0.427. The molecule has 1 rings (SSSR count). The first-order chi connectivity index (χ1) is 6.50. The molecular formula is C9H15NO4. The van der Waals surface area contributed by atoms with Crippen LogP contribution in [0, 0.1) is 11.8 Å². The highest BCUT2D eigenvalue weighted by Crippen LogP contribution is 2.20. The zero-order valence-corrected chi connectivity index (χ0v) is 8.14. The number of nitrogens with zero attached hydrogens (tertiary/aromatic N) is 1. The van der Waals surface area contributed by atoms with Crippen molar-refractivity contribution in [1.29, 1.82) is 0 Å². The van der Waals surface area contributed by atoms with Crippen molar-refractivity contribution in [3.05, 3.63) is 0 Å². The number of carbonyl (C=O) groups is 2. The molecule has 0 aromatic heterocycles. The van der Waals surface area contributed by atoms with E-state index in [1.165, 1.54) is 0 Å². The average molecular weight is 201 g/mol. The number of carboxylic acids is 2. The fourth-order valence-corrected chi connectivity index (χ4v) is 1.82. The van der Waals surface area contributed by atoms with Gasteiger partial charge in [-0.3, -0.25) is 9.59 Å². The van der Waals surface area contributed by atoms with Crippen molar-refractivity contribution in [3.8, 4) is 0 Å². The molecule has 0 radical (unpaired) electrons. The maximum atomic E-state index is 10.8. The maximum absolute atomic E-state index is 10.8. The van der Waals surface area contributed by atoms with Crippen LogP contribution >= 0.6 is 0 Å².